The van der Waals surface area contributed by atoms with E-state index in [1.165, 1.54) is 35.8 Å². The van der Waals surface area contributed by atoms with Crippen LogP contribution in [0.2, 0.25) is 0 Å². The van der Waals surface area contributed by atoms with Crippen LogP contribution in [0, 0.1) is 5.92 Å². The van der Waals surface area contributed by atoms with E-state index in [0.717, 1.165) is 18.3 Å². The smallest absolute Gasteiger partial charge is 0.119 e. The number of hydrogen-bond donors (Lipinski definition) is 1. The zero-order valence-corrected chi connectivity index (χ0v) is 12.9. The lowest BCUT2D eigenvalue weighted by atomic mass is 9.93. The second-order valence-corrected chi connectivity index (χ2v) is 6.44. The van der Waals surface area contributed by atoms with Gasteiger partial charge < -0.3 is 10.5 Å². The molecule has 2 N–H and O–H groups in total. The third-order valence-corrected chi connectivity index (χ3v) is 5.12. The van der Waals surface area contributed by atoms with Gasteiger partial charge in [0.05, 0.1) is 7.11 Å². The fraction of sp³-hybridized carbons (Fsp3) is 0.600. The Balaban J connectivity index is 1.96. The van der Waals surface area contributed by atoms with Crippen molar-refractivity contribution in [2.24, 2.45) is 11.7 Å². The molecule has 1 aromatic carbocycles. The first-order valence-corrected chi connectivity index (χ1v) is 7.83. The average Bonchev–Trinajstić information content (AvgIpc) is 3.19. The van der Waals surface area contributed by atoms with E-state index in [4.69, 9.17) is 10.5 Å². The summed E-state index contributed by atoms with van der Waals surface area (Å²) in [6.45, 7) is 1.94. The van der Waals surface area contributed by atoms with Crippen molar-refractivity contribution in [1.29, 1.82) is 0 Å². The fourth-order valence-electron chi connectivity index (χ4n) is 3.25. The van der Waals surface area contributed by atoms with Crippen molar-refractivity contribution in [1.82, 2.24) is 4.90 Å². The molecule has 2 aliphatic rings. The maximum absolute atomic E-state index is 5.99. The Morgan fingerprint density at radius 3 is 2.79 bits per heavy atom. The van der Waals surface area contributed by atoms with Crippen molar-refractivity contribution in [3.63, 3.8) is 0 Å². The van der Waals surface area contributed by atoms with Crippen LogP contribution in [0.25, 0.3) is 0 Å². The van der Waals surface area contributed by atoms with Crippen LogP contribution in [-0.4, -0.2) is 31.1 Å². The van der Waals surface area contributed by atoms with Crippen LogP contribution in [0.15, 0.2) is 22.7 Å². The summed E-state index contributed by atoms with van der Waals surface area (Å²) in [6.07, 6.45) is 3.89. The number of nitrogens with zero attached hydrogens (tertiary/aromatic N) is 1. The second kappa shape index (κ2) is 5.43. The highest BCUT2D eigenvalue weighted by Crippen LogP contribution is 2.46. The molecule has 2 unspecified atom stereocenters. The van der Waals surface area contributed by atoms with Gasteiger partial charge in [0.25, 0.3) is 0 Å². The van der Waals surface area contributed by atoms with Crippen LogP contribution in [-0.2, 0) is 0 Å². The average molecular weight is 325 g/mol. The van der Waals surface area contributed by atoms with Crippen LogP contribution < -0.4 is 10.5 Å². The molecule has 1 aliphatic heterocycles. The molecule has 1 saturated carbocycles. The lowest BCUT2D eigenvalue weighted by Gasteiger charge is -2.29. The Labute approximate surface area is 123 Å². The first-order valence-electron chi connectivity index (χ1n) is 7.04. The number of nitrogens with two attached hydrogens (primary N) is 1. The molecule has 0 amide bonds. The monoisotopic (exact) mass is 324 g/mol. The molecule has 0 aromatic heterocycles. The maximum Gasteiger partial charge on any atom is 0.119 e. The van der Waals surface area contributed by atoms with Crippen molar-refractivity contribution in [3.8, 4) is 5.75 Å². The predicted octanol–water partition coefficient (Wildman–Crippen LogP) is 2.94. The molecule has 0 bridgehead atoms. The van der Waals surface area contributed by atoms with E-state index in [0.29, 0.717) is 12.0 Å². The molecule has 2 fully saturated rings. The summed E-state index contributed by atoms with van der Waals surface area (Å²) >= 11 is 3.70. The van der Waals surface area contributed by atoms with E-state index < -0.39 is 0 Å². The van der Waals surface area contributed by atoms with Crippen molar-refractivity contribution >= 4 is 15.9 Å². The molecule has 4 heteroatoms. The molecule has 0 radical (unpaired) electrons. The third kappa shape index (κ3) is 2.54. The van der Waals surface area contributed by atoms with Crippen molar-refractivity contribution in [2.75, 3.05) is 20.2 Å². The van der Waals surface area contributed by atoms with Gasteiger partial charge in [-0.2, -0.15) is 0 Å². The van der Waals surface area contributed by atoms with E-state index >= 15 is 0 Å². The number of methoxy groups -OCH3 is 1. The van der Waals surface area contributed by atoms with Gasteiger partial charge in [0.1, 0.15) is 5.75 Å². The lowest BCUT2D eigenvalue weighted by Crippen LogP contribution is -2.30. The minimum absolute atomic E-state index is 0.446. The summed E-state index contributed by atoms with van der Waals surface area (Å²) in [5, 5.41) is 0. The van der Waals surface area contributed by atoms with Crippen LogP contribution >= 0.6 is 15.9 Å². The van der Waals surface area contributed by atoms with Crippen LogP contribution in [0.3, 0.4) is 0 Å². The molecule has 19 heavy (non-hydrogen) atoms. The van der Waals surface area contributed by atoms with Crippen LogP contribution in [0.5, 0.6) is 5.75 Å². The number of halogens is 1. The molecule has 1 heterocycles. The molecule has 1 aliphatic carbocycles. The van der Waals surface area contributed by atoms with Gasteiger partial charge in [-0.25, -0.2) is 0 Å². The van der Waals surface area contributed by atoms with Gasteiger partial charge in [-0.3, -0.25) is 4.90 Å². The Hall–Kier alpha value is -0.580. The van der Waals surface area contributed by atoms with Gasteiger partial charge in [-0.15, -0.1) is 0 Å². The topological polar surface area (TPSA) is 38.5 Å². The molecular weight excluding hydrogens is 304 g/mol. The van der Waals surface area contributed by atoms with E-state index in [9.17, 15) is 0 Å². The summed E-state index contributed by atoms with van der Waals surface area (Å²) in [7, 11) is 1.72. The number of likely N-dealkylation sites (tertiary alicyclic amines) is 1. The standard InChI is InChI=1S/C15H21BrN2O/c1-19-12-4-5-14(16)13(8-12)15-10(9-17)6-7-18(15)11-2-3-11/h4-5,8,10-11,15H,2-3,6-7,9,17H2,1H3. The summed E-state index contributed by atoms with van der Waals surface area (Å²) in [5.41, 5.74) is 7.32. The van der Waals surface area contributed by atoms with E-state index in [1.807, 2.05) is 6.07 Å². The Bertz CT molecular complexity index is 461. The maximum atomic E-state index is 5.99. The van der Waals surface area contributed by atoms with E-state index in [-0.39, 0.29) is 0 Å². The molecule has 3 rings (SSSR count). The van der Waals surface area contributed by atoms with E-state index in [2.05, 4.69) is 33.0 Å². The van der Waals surface area contributed by atoms with Crippen molar-refractivity contribution in [2.45, 2.75) is 31.3 Å². The summed E-state index contributed by atoms with van der Waals surface area (Å²) in [4.78, 5) is 2.65. The first kappa shape index (κ1) is 13.4. The van der Waals surface area contributed by atoms with Crippen molar-refractivity contribution in [3.05, 3.63) is 28.2 Å². The summed E-state index contributed by atoms with van der Waals surface area (Å²) in [6, 6.07) is 7.48. The summed E-state index contributed by atoms with van der Waals surface area (Å²) < 4.78 is 6.55. The minimum Gasteiger partial charge on any atom is -0.497 e. The third-order valence-electron chi connectivity index (χ3n) is 4.40. The lowest BCUT2D eigenvalue weighted by molar-refractivity contribution is 0.219. The number of rotatable bonds is 4. The number of ether oxygens (including phenoxy) is 1. The fourth-order valence-corrected chi connectivity index (χ4v) is 3.73. The quantitative estimate of drug-likeness (QED) is 0.925. The van der Waals surface area contributed by atoms with Crippen molar-refractivity contribution < 1.29 is 4.74 Å². The number of hydrogen-bond acceptors (Lipinski definition) is 3. The largest absolute Gasteiger partial charge is 0.497 e. The Kier molecular flexibility index (Phi) is 3.83. The molecule has 2 atom stereocenters. The summed E-state index contributed by atoms with van der Waals surface area (Å²) in [5.74, 6) is 1.49. The molecule has 1 saturated heterocycles. The zero-order chi connectivity index (χ0) is 13.4. The second-order valence-electron chi connectivity index (χ2n) is 5.59. The van der Waals surface area contributed by atoms with E-state index in [1.54, 1.807) is 7.11 Å². The number of benzene rings is 1. The first-order chi connectivity index (χ1) is 9.24. The zero-order valence-electron chi connectivity index (χ0n) is 11.3. The highest BCUT2D eigenvalue weighted by Gasteiger charge is 2.42. The molecule has 0 spiro atoms. The Morgan fingerprint density at radius 2 is 2.16 bits per heavy atom. The van der Waals surface area contributed by atoms with Gasteiger partial charge in [0.2, 0.25) is 0 Å². The highest BCUT2D eigenvalue weighted by molar-refractivity contribution is 9.10. The Morgan fingerprint density at radius 1 is 1.37 bits per heavy atom. The molecule has 1 aromatic rings. The molecule has 104 valence electrons. The molecule has 3 nitrogen and oxygen atoms in total. The normalized spacial score (nSPS) is 27.7. The van der Waals surface area contributed by atoms with Gasteiger partial charge in [-0.1, -0.05) is 15.9 Å². The predicted molar refractivity (Wildman–Crippen MR) is 80.3 cm³/mol. The SMILES string of the molecule is COc1ccc(Br)c(C2C(CN)CCN2C2CC2)c1. The molecular formula is C15H21BrN2O. The van der Waals surface area contributed by atoms with Gasteiger partial charge >= 0.3 is 0 Å². The highest BCUT2D eigenvalue weighted by atomic mass is 79.9. The van der Waals surface area contributed by atoms with Gasteiger partial charge in [0, 0.05) is 16.6 Å². The van der Waals surface area contributed by atoms with Crippen LogP contribution in [0.1, 0.15) is 30.9 Å². The van der Waals surface area contributed by atoms with Crippen LogP contribution in [0.4, 0.5) is 0 Å². The minimum atomic E-state index is 0.446. The van der Waals surface area contributed by atoms with Gasteiger partial charge in [-0.05, 0) is 62.0 Å². The van der Waals surface area contributed by atoms with Gasteiger partial charge in [0.15, 0.2) is 0 Å².